The molecule has 3 heterocycles. The molecule has 9 aromatic carbocycles. The second kappa shape index (κ2) is 13.0. The first-order valence-corrected chi connectivity index (χ1v) is 21.1. The number of thiophene rings is 1. The molecule has 0 radical (unpaired) electrons. The number of benzene rings is 9. The van der Waals surface area contributed by atoms with Crippen molar-refractivity contribution in [3.63, 3.8) is 0 Å². The van der Waals surface area contributed by atoms with Gasteiger partial charge in [-0.2, -0.15) is 0 Å². The van der Waals surface area contributed by atoms with E-state index in [4.69, 9.17) is 0 Å². The molecule has 1 N–H and O–H groups in total. The molecule has 0 amide bonds. The summed E-state index contributed by atoms with van der Waals surface area (Å²) in [6, 6.07) is 71.3. The summed E-state index contributed by atoms with van der Waals surface area (Å²) in [5.41, 5.74) is 13.5. The van der Waals surface area contributed by atoms with Crippen molar-refractivity contribution in [3.05, 3.63) is 200 Å². The Morgan fingerprint density at radius 1 is 0.439 bits per heavy atom. The zero-order valence-electron chi connectivity index (χ0n) is 30.8. The first-order chi connectivity index (χ1) is 28.2. The van der Waals surface area contributed by atoms with Crippen molar-refractivity contribution >= 4 is 81.5 Å². The predicted octanol–water partition coefficient (Wildman–Crippen LogP) is 15.5. The summed E-state index contributed by atoms with van der Waals surface area (Å²) < 4.78 is 5.11. The van der Waals surface area contributed by atoms with Crippen molar-refractivity contribution in [2.24, 2.45) is 0 Å². The van der Waals surface area contributed by atoms with Crippen molar-refractivity contribution in [2.45, 2.75) is 10.3 Å². The van der Waals surface area contributed by atoms with Gasteiger partial charge in [0.15, 0.2) is 0 Å². The zero-order valence-corrected chi connectivity index (χ0v) is 32.4. The molecule has 4 heteroatoms. The molecule has 1 unspecified atom stereocenters. The van der Waals surface area contributed by atoms with E-state index in [1.54, 1.807) is 0 Å². The Morgan fingerprint density at radius 2 is 1.09 bits per heavy atom. The van der Waals surface area contributed by atoms with Gasteiger partial charge in [-0.3, -0.25) is 0 Å². The minimum Gasteiger partial charge on any atom is -0.368 e. The average Bonchev–Trinajstić information content (AvgIpc) is 3.98. The molecule has 0 aliphatic carbocycles. The van der Waals surface area contributed by atoms with Crippen LogP contribution in [0, 0.1) is 0 Å². The fourth-order valence-corrected chi connectivity index (χ4v) is 11.3. The highest BCUT2D eigenvalue weighted by Gasteiger charge is 2.27. The van der Waals surface area contributed by atoms with Gasteiger partial charge in [0.05, 0.1) is 11.0 Å². The second-order valence-corrected chi connectivity index (χ2v) is 17.1. The van der Waals surface area contributed by atoms with Crippen LogP contribution in [0.5, 0.6) is 0 Å². The third kappa shape index (κ3) is 5.33. The molecule has 0 saturated carbocycles. The number of hydrogen-bond acceptors (Lipinski definition) is 3. The Hall–Kier alpha value is -6.59. The fourth-order valence-electron chi connectivity index (χ4n) is 8.87. The molecular weight excluding hydrogens is 729 g/mol. The summed E-state index contributed by atoms with van der Waals surface area (Å²) in [5.74, 6) is 0. The van der Waals surface area contributed by atoms with Gasteiger partial charge in [-0.15, -0.1) is 11.3 Å². The first kappa shape index (κ1) is 32.6. The maximum Gasteiger partial charge on any atom is 0.103 e. The summed E-state index contributed by atoms with van der Waals surface area (Å²) in [5, 5.41) is 11.8. The molecule has 0 fully saturated rings. The maximum atomic E-state index is 3.87. The molecule has 11 aromatic rings. The lowest BCUT2D eigenvalue weighted by Gasteiger charge is -2.13. The number of rotatable bonds is 5. The van der Waals surface area contributed by atoms with Crippen LogP contribution in [-0.2, 0) is 0 Å². The van der Waals surface area contributed by atoms with Gasteiger partial charge in [-0.05, 0) is 104 Å². The maximum absolute atomic E-state index is 3.87. The van der Waals surface area contributed by atoms with E-state index in [1.165, 1.54) is 102 Å². The van der Waals surface area contributed by atoms with Crippen molar-refractivity contribution < 1.29 is 0 Å². The fraction of sp³-hybridized carbons (Fsp3) is 0.0189. The zero-order chi connectivity index (χ0) is 37.5. The van der Waals surface area contributed by atoms with Gasteiger partial charge < -0.3 is 9.88 Å². The summed E-state index contributed by atoms with van der Waals surface area (Å²) in [4.78, 5) is 1.35. The molecule has 1 aliphatic rings. The van der Waals surface area contributed by atoms with E-state index in [0.29, 0.717) is 0 Å². The summed E-state index contributed by atoms with van der Waals surface area (Å²) in [6.45, 7) is 0. The van der Waals surface area contributed by atoms with E-state index in [1.807, 2.05) is 23.1 Å². The molecular formula is C53H34N2S2. The van der Waals surface area contributed by atoms with Gasteiger partial charge in [-0.25, -0.2) is 0 Å². The number of aromatic nitrogens is 1. The lowest BCUT2D eigenvalue weighted by atomic mass is 9.97. The van der Waals surface area contributed by atoms with Crippen LogP contribution in [0.1, 0.15) is 10.9 Å². The number of thioether (sulfide) groups is 1. The van der Waals surface area contributed by atoms with Crippen LogP contribution >= 0.6 is 23.1 Å². The molecule has 12 rings (SSSR count). The van der Waals surface area contributed by atoms with E-state index in [-0.39, 0.29) is 5.37 Å². The Balaban J connectivity index is 0.933. The molecule has 268 valence electrons. The quantitative estimate of drug-likeness (QED) is 0.188. The Kier molecular flexibility index (Phi) is 7.44. The molecule has 0 bridgehead atoms. The van der Waals surface area contributed by atoms with Gasteiger partial charge in [0.25, 0.3) is 0 Å². The lowest BCUT2D eigenvalue weighted by molar-refractivity contribution is 1.14. The number of hydrogen-bond donors (Lipinski definition) is 1. The Bertz CT molecular complexity index is 3330. The summed E-state index contributed by atoms with van der Waals surface area (Å²) in [6.07, 6.45) is 0. The third-order valence-electron chi connectivity index (χ3n) is 11.6. The van der Waals surface area contributed by atoms with Crippen LogP contribution in [0.15, 0.2) is 199 Å². The topological polar surface area (TPSA) is 17.0 Å². The monoisotopic (exact) mass is 762 g/mol. The van der Waals surface area contributed by atoms with Gasteiger partial charge in [-0.1, -0.05) is 151 Å². The van der Waals surface area contributed by atoms with Gasteiger partial charge in [0, 0.05) is 47.2 Å². The van der Waals surface area contributed by atoms with Crippen molar-refractivity contribution in [1.29, 1.82) is 0 Å². The van der Waals surface area contributed by atoms with Gasteiger partial charge >= 0.3 is 0 Å². The minimum absolute atomic E-state index is 0.134. The van der Waals surface area contributed by atoms with E-state index >= 15 is 0 Å². The van der Waals surface area contributed by atoms with Crippen molar-refractivity contribution in [1.82, 2.24) is 4.57 Å². The molecule has 0 saturated heterocycles. The molecule has 2 nitrogen and oxygen atoms in total. The van der Waals surface area contributed by atoms with Gasteiger partial charge in [0.1, 0.15) is 5.37 Å². The summed E-state index contributed by atoms with van der Waals surface area (Å²) in [7, 11) is 0. The second-order valence-electron chi connectivity index (χ2n) is 14.9. The largest absolute Gasteiger partial charge is 0.368 e. The Labute approximate surface area is 338 Å². The third-order valence-corrected chi connectivity index (χ3v) is 14.1. The minimum atomic E-state index is 0.134. The molecule has 57 heavy (non-hydrogen) atoms. The predicted molar refractivity (Wildman–Crippen MR) is 246 cm³/mol. The normalized spacial score (nSPS) is 13.9. The van der Waals surface area contributed by atoms with E-state index in [0.717, 1.165) is 5.69 Å². The van der Waals surface area contributed by atoms with E-state index in [2.05, 4.69) is 204 Å². The van der Waals surface area contributed by atoms with Crippen molar-refractivity contribution in [3.8, 4) is 39.1 Å². The standard InChI is InChI=1S/C53H34N2S2/c1-3-10-33(11-4-1)35-22-25-41(26-23-35)55-46-17-9-16-42(50(46)43-30-38-14-7-8-15-39(38)32-47(43)55)36-18-20-37(21-19-36)53-54-45-27-29-49-51(52(45)57-53)44-31-40(24-28-48(44)56-49)34-12-5-2-6-13-34/h1-32,53-54H. The van der Waals surface area contributed by atoms with Crippen LogP contribution < -0.4 is 5.32 Å². The van der Waals surface area contributed by atoms with Crippen LogP contribution in [0.3, 0.4) is 0 Å². The van der Waals surface area contributed by atoms with Crippen LogP contribution in [-0.4, -0.2) is 4.57 Å². The lowest BCUT2D eigenvalue weighted by Crippen LogP contribution is -2.00. The highest BCUT2D eigenvalue weighted by Crippen LogP contribution is 2.53. The molecule has 0 spiro atoms. The number of nitrogens with one attached hydrogen (secondary N) is 1. The molecule has 1 aliphatic heterocycles. The first-order valence-electron chi connectivity index (χ1n) is 19.4. The highest BCUT2D eigenvalue weighted by molar-refractivity contribution is 8.00. The number of anilines is 1. The highest BCUT2D eigenvalue weighted by atomic mass is 32.2. The molecule has 1 atom stereocenters. The number of nitrogens with zero attached hydrogens (tertiary/aromatic N) is 1. The molecule has 2 aromatic heterocycles. The van der Waals surface area contributed by atoms with E-state index in [9.17, 15) is 0 Å². The SMILES string of the molecule is c1ccc(-c2ccc(-n3c4cc5ccccc5cc4c4c(-c5ccc(C6Nc7ccc8sc9ccc(-c%10ccccc%10)cc9c8c7S6)cc5)cccc43)cc2)cc1. The van der Waals surface area contributed by atoms with Crippen LogP contribution in [0.4, 0.5) is 5.69 Å². The smallest absolute Gasteiger partial charge is 0.103 e. The van der Waals surface area contributed by atoms with Gasteiger partial charge in [0.2, 0.25) is 0 Å². The van der Waals surface area contributed by atoms with Crippen LogP contribution in [0.25, 0.3) is 91.8 Å². The van der Waals surface area contributed by atoms with Crippen molar-refractivity contribution in [2.75, 3.05) is 5.32 Å². The number of fused-ring (bicyclic) bond motifs is 9. The average molecular weight is 763 g/mol. The summed E-state index contributed by atoms with van der Waals surface area (Å²) >= 11 is 3.83. The Morgan fingerprint density at radius 3 is 1.86 bits per heavy atom. The van der Waals surface area contributed by atoms with Crippen LogP contribution in [0.2, 0.25) is 0 Å². The van der Waals surface area contributed by atoms with E-state index < -0.39 is 0 Å².